The summed E-state index contributed by atoms with van der Waals surface area (Å²) in [6, 6.07) is 7.23. The minimum absolute atomic E-state index is 0.0203. The van der Waals surface area contributed by atoms with Crippen molar-refractivity contribution in [3.8, 4) is 5.75 Å². The van der Waals surface area contributed by atoms with Gasteiger partial charge in [0.1, 0.15) is 24.0 Å². The van der Waals surface area contributed by atoms with Gasteiger partial charge >= 0.3 is 6.03 Å². The third-order valence-electron chi connectivity index (χ3n) is 4.74. The zero-order chi connectivity index (χ0) is 19.3. The molecule has 1 aliphatic heterocycles. The third kappa shape index (κ3) is 4.55. The van der Waals surface area contributed by atoms with Crippen LogP contribution in [0.3, 0.4) is 0 Å². The Bertz CT molecular complexity index is 646. The molecule has 3 amide bonds. The maximum absolute atomic E-state index is 12.6. The number of rotatable bonds is 9. The van der Waals surface area contributed by atoms with Crippen LogP contribution in [0.1, 0.15) is 58.4 Å². The molecule has 1 heterocycles. The van der Waals surface area contributed by atoms with Crippen LogP contribution in [-0.4, -0.2) is 46.7 Å². The average Bonchev–Trinajstić information content (AvgIpc) is 2.82. The van der Waals surface area contributed by atoms with Crippen LogP contribution >= 0.6 is 0 Å². The van der Waals surface area contributed by atoms with Crippen LogP contribution in [0.5, 0.6) is 5.75 Å². The van der Waals surface area contributed by atoms with Gasteiger partial charge in [0.25, 0.3) is 5.91 Å². The molecule has 1 aromatic carbocycles. The second kappa shape index (κ2) is 8.54. The number of carbonyl (C=O) groups is 2. The first kappa shape index (κ1) is 20.2. The van der Waals surface area contributed by atoms with E-state index >= 15 is 0 Å². The number of nitrogens with zero attached hydrogens (tertiary/aromatic N) is 1. The number of aliphatic hydroxyl groups is 1. The highest BCUT2D eigenvalue weighted by Crippen LogP contribution is 2.26. The predicted molar refractivity (Wildman–Crippen MR) is 100 cm³/mol. The molecule has 2 N–H and O–H groups in total. The molecule has 2 atom stereocenters. The lowest BCUT2D eigenvalue weighted by molar-refractivity contribution is -0.132. The average molecular weight is 362 g/mol. The molecule has 1 aliphatic rings. The van der Waals surface area contributed by atoms with Crippen LogP contribution in [0.4, 0.5) is 4.79 Å². The van der Waals surface area contributed by atoms with Gasteiger partial charge < -0.3 is 15.2 Å². The summed E-state index contributed by atoms with van der Waals surface area (Å²) in [5, 5.41) is 13.0. The molecule has 26 heavy (non-hydrogen) atoms. The van der Waals surface area contributed by atoms with E-state index in [2.05, 4.69) is 19.2 Å². The number of para-hydroxylation sites is 1. The third-order valence-corrected chi connectivity index (χ3v) is 4.74. The summed E-state index contributed by atoms with van der Waals surface area (Å²) in [6.07, 6.45) is 1.45. The van der Waals surface area contributed by atoms with Crippen molar-refractivity contribution >= 4 is 11.9 Å². The first-order valence-corrected chi connectivity index (χ1v) is 9.32. The fourth-order valence-corrected chi connectivity index (χ4v) is 3.15. The van der Waals surface area contributed by atoms with E-state index in [1.165, 1.54) is 0 Å². The maximum atomic E-state index is 12.6. The van der Waals surface area contributed by atoms with Crippen molar-refractivity contribution in [1.82, 2.24) is 10.2 Å². The minimum Gasteiger partial charge on any atom is -0.491 e. The molecule has 0 spiro atoms. The Labute approximate surface area is 155 Å². The summed E-state index contributed by atoms with van der Waals surface area (Å²) in [7, 11) is 0. The zero-order valence-electron chi connectivity index (χ0n) is 16.1. The molecular weight excluding hydrogens is 332 g/mol. The van der Waals surface area contributed by atoms with Crippen LogP contribution < -0.4 is 10.1 Å². The molecule has 6 nitrogen and oxygen atoms in total. The molecule has 6 heteroatoms. The second-order valence-corrected chi connectivity index (χ2v) is 7.44. The quantitative estimate of drug-likeness (QED) is 0.662. The van der Waals surface area contributed by atoms with Crippen molar-refractivity contribution in [3.05, 3.63) is 29.8 Å². The Morgan fingerprint density at radius 2 is 1.96 bits per heavy atom. The standard InChI is InChI=1S/C20H30N2O4/c1-5-6-11-20(4)18(24)22(19(25)21-20)12-15(23)13-26-17-10-8-7-9-16(17)14(2)3/h7-10,14-15,23H,5-6,11-13H2,1-4H3,(H,21,25). The molecule has 2 unspecified atom stereocenters. The van der Waals surface area contributed by atoms with Gasteiger partial charge in [-0.05, 0) is 30.9 Å². The van der Waals surface area contributed by atoms with Gasteiger partial charge in [0.2, 0.25) is 0 Å². The summed E-state index contributed by atoms with van der Waals surface area (Å²) in [6.45, 7) is 7.87. The molecule has 144 valence electrons. The number of β-amino-alcohol motifs (C(OH)–C–C–N with tert-alkyl or cyclic N) is 1. The number of benzene rings is 1. The summed E-state index contributed by atoms with van der Waals surface area (Å²) in [5.41, 5.74) is 0.180. The lowest BCUT2D eigenvalue weighted by Crippen LogP contribution is -2.44. The van der Waals surface area contributed by atoms with Gasteiger partial charge in [0.05, 0.1) is 6.54 Å². The number of carbonyl (C=O) groups excluding carboxylic acids is 2. The summed E-state index contributed by atoms with van der Waals surface area (Å²) in [4.78, 5) is 25.8. The van der Waals surface area contributed by atoms with E-state index in [0.717, 1.165) is 23.3 Å². The molecule has 0 saturated carbocycles. The summed E-state index contributed by atoms with van der Waals surface area (Å²) >= 11 is 0. The highest BCUT2D eigenvalue weighted by atomic mass is 16.5. The number of aliphatic hydroxyl groups excluding tert-OH is 1. The highest BCUT2D eigenvalue weighted by Gasteiger charge is 2.47. The van der Waals surface area contributed by atoms with Gasteiger partial charge in [0.15, 0.2) is 0 Å². The van der Waals surface area contributed by atoms with Crippen LogP contribution in [0.25, 0.3) is 0 Å². The Morgan fingerprint density at radius 3 is 2.62 bits per heavy atom. The lowest BCUT2D eigenvalue weighted by atomic mass is 9.95. The van der Waals surface area contributed by atoms with Crippen LogP contribution in [0.15, 0.2) is 24.3 Å². The molecule has 1 fully saturated rings. The minimum atomic E-state index is -0.946. The Morgan fingerprint density at radius 1 is 1.27 bits per heavy atom. The van der Waals surface area contributed by atoms with E-state index in [0.29, 0.717) is 18.1 Å². The van der Waals surface area contributed by atoms with E-state index < -0.39 is 17.7 Å². The van der Waals surface area contributed by atoms with Crippen molar-refractivity contribution in [3.63, 3.8) is 0 Å². The van der Waals surface area contributed by atoms with E-state index in [9.17, 15) is 14.7 Å². The zero-order valence-corrected chi connectivity index (χ0v) is 16.1. The molecule has 1 saturated heterocycles. The highest BCUT2D eigenvalue weighted by molar-refractivity contribution is 6.06. The Kier molecular flexibility index (Phi) is 6.64. The molecular formula is C20H30N2O4. The molecule has 0 bridgehead atoms. The van der Waals surface area contributed by atoms with Crippen LogP contribution in [0.2, 0.25) is 0 Å². The number of amides is 3. The summed E-state index contributed by atoms with van der Waals surface area (Å²) < 4.78 is 5.74. The van der Waals surface area contributed by atoms with E-state index in [1.54, 1.807) is 6.92 Å². The molecule has 0 aromatic heterocycles. The van der Waals surface area contributed by atoms with E-state index in [1.807, 2.05) is 31.2 Å². The number of ether oxygens (including phenoxy) is 1. The topological polar surface area (TPSA) is 78.9 Å². The molecule has 0 radical (unpaired) electrons. The van der Waals surface area contributed by atoms with E-state index in [4.69, 9.17) is 4.74 Å². The van der Waals surface area contributed by atoms with Gasteiger partial charge in [-0.2, -0.15) is 0 Å². The smallest absolute Gasteiger partial charge is 0.325 e. The number of imide groups is 1. The van der Waals surface area contributed by atoms with Crippen LogP contribution in [-0.2, 0) is 4.79 Å². The first-order chi connectivity index (χ1) is 12.3. The fraction of sp³-hybridized carbons (Fsp3) is 0.600. The maximum Gasteiger partial charge on any atom is 0.325 e. The second-order valence-electron chi connectivity index (χ2n) is 7.44. The Balaban J connectivity index is 1.95. The van der Waals surface area contributed by atoms with Crippen molar-refractivity contribution in [2.45, 2.75) is 64.5 Å². The molecule has 2 rings (SSSR count). The fourth-order valence-electron chi connectivity index (χ4n) is 3.15. The first-order valence-electron chi connectivity index (χ1n) is 9.32. The van der Waals surface area contributed by atoms with Gasteiger partial charge in [-0.3, -0.25) is 9.69 Å². The number of unbranched alkanes of at least 4 members (excludes halogenated alkanes) is 1. The number of nitrogens with one attached hydrogen (secondary N) is 1. The van der Waals surface area contributed by atoms with Gasteiger partial charge in [-0.1, -0.05) is 51.8 Å². The molecule has 0 aliphatic carbocycles. The number of urea groups is 1. The van der Waals surface area contributed by atoms with Crippen molar-refractivity contribution in [2.75, 3.05) is 13.2 Å². The molecule has 1 aromatic rings. The largest absolute Gasteiger partial charge is 0.491 e. The normalized spacial score (nSPS) is 21.2. The van der Waals surface area contributed by atoms with Crippen molar-refractivity contribution < 1.29 is 19.4 Å². The Hall–Kier alpha value is -2.08. The SMILES string of the molecule is CCCCC1(C)NC(=O)N(CC(O)COc2ccccc2C(C)C)C1=O. The summed E-state index contributed by atoms with van der Waals surface area (Å²) in [5.74, 6) is 0.734. The van der Waals surface area contributed by atoms with Gasteiger partial charge in [-0.15, -0.1) is 0 Å². The van der Waals surface area contributed by atoms with Crippen molar-refractivity contribution in [1.29, 1.82) is 0 Å². The van der Waals surface area contributed by atoms with E-state index in [-0.39, 0.29) is 19.1 Å². The monoisotopic (exact) mass is 362 g/mol. The van der Waals surface area contributed by atoms with Gasteiger partial charge in [-0.25, -0.2) is 4.79 Å². The number of hydrogen-bond donors (Lipinski definition) is 2. The number of hydrogen-bond acceptors (Lipinski definition) is 4. The lowest BCUT2D eigenvalue weighted by Gasteiger charge is -2.22. The van der Waals surface area contributed by atoms with Gasteiger partial charge in [0, 0.05) is 0 Å². The van der Waals surface area contributed by atoms with Crippen molar-refractivity contribution in [2.24, 2.45) is 0 Å². The van der Waals surface area contributed by atoms with Crippen LogP contribution in [0, 0.1) is 0 Å². The predicted octanol–water partition coefficient (Wildman–Crippen LogP) is 3.05.